The molecule has 0 radical (unpaired) electrons. The molecule has 156 valence electrons. The molecule has 0 saturated carbocycles. The summed E-state index contributed by atoms with van der Waals surface area (Å²) in [5.74, 6) is -0.290. The van der Waals surface area contributed by atoms with Crippen LogP contribution >= 0.6 is 0 Å². The van der Waals surface area contributed by atoms with E-state index in [4.69, 9.17) is 0 Å². The lowest BCUT2D eigenvalue weighted by Crippen LogP contribution is -2.30. The van der Waals surface area contributed by atoms with Gasteiger partial charge in [0.15, 0.2) is 4.90 Å². The van der Waals surface area contributed by atoms with Crippen LogP contribution in [0.1, 0.15) is 28.3 Å². The fraction of sp³-hybridized carbons (Fsp3) is 0.143. The molecule has 0 bridgehead atoms. The number of phenols is 2. The molecule has 9 heteroatoms. The Morgan fingerprint density at radius 3 is 1.87 bits per heavy atom. The van der Waals surface area contributed by atoms with E-state index in [-0.39, 0.29) is 22.6 Å². The second-order valence-electron chi connectivity index (χ2n) is 6.80. The highest BCUT2D eigenvalue weighted by atomic mass is 32.2. The van der Waals surface area contributed by atoms with Crippen LogP contribution in [0.4, 0.5) is 5.69 Å². The number of phenolic OH excluding ortho intramolecular Hbond substituents is 2. The second kappa shape index (κ2) is 8.13. The molecular weight excluding hydrogens is 408 g/mol. The first kappa shape index (κ1) is 21.3. The summed E-state index contributed by atoms with van der Waals surface area (Å²) in [5, 5.41) is 32.5. The first-order valence-electron chi connectivity index (χ1n) is 8.96. The highest BCUT2D eigenvalue weighted by molar-refractivity contribution is 7.89. The number of nitro groups is 1. The number of nitrogens with one attached hydrogen (secondary N) is 1. The zero-order chi connectivity index (χ0) is 22.1. The molecule has 0 aliphatic carbocycles. The van der Waals surface area contributed by atoms with Crippen molar-refractivity contribution in [3.63, 3.8) is 0 Å². The van der Waals surface area contributed by atoms with E-state index in [9.17, 15) is 28.7 Å². The Balaban J connectivity index is 2.21. The van der Waals surface area contributed by atoms with Gasteiger partial charge < -0.3 is 10.2 Å². The van der Waals surface area contributed by atoms with Crippen molar-refractivity contribution in [2.24, 2.45) is 0 Å². The van der Waals surface area contributed by atoms with Gasteiger partial charge in [-0.1, -0.05) is 48.5 Å². The van der Waals surface area contributed by atoms with Crippen molar-refractivity contribution in [1.82, 2.24) is 4.72 Å². The van der Waals surface area contributed by atoms with Crippen LogP contribution in [0, 0.1) is 24.0 Å². The lowest BCUT2D eigenvalue weighted by molar-refractivity contribution is -0.387. The van der Waals surface area contributed by atoms with Gasteiger partial charge >= 0.3 is 0 Å². The van der Waals surface area contributed by atoms with Gasteiger partial charge in [-0.25, -0.2) is 8.42 Å². The maximum Gasteiger partial charge on any atom is 0.289 e. The minimum absolute atomic E-state index is 0.145. The third kappa shape index (κ3) is 3.98. The summed E-state index contributed by atoms with van der Waals surface area (Å²) in [6.45, 7) is 3.31. The highest BCUT2D eigenvalue weighted by Gasteiger charge is 2.31. The Labute approximate surface area is 173 Å². The first-order valence-corrected chi connectivity index (χ1v) is 10.4. The van der Waals surface area contributed by atoms with Gasteiger partial charge in [-0.3, -0.25) is 10.1 Å². The van der Waals surface area contributed by atoms with Crippen LogP contribution in [0.2, 0.25) is 0 Å². The molecule has 30 heavy (non-hydrogen) atoms. The molecule has 0 heterocycles. The number of rotatable bonds is 6. The van der Waals surface area contributed by atoms with Crippen LogP contribution < -0.4 is 4.72 Å². The smallest absolute Gasteiger partial charge is 0.289 e. The Morgan fingerprint density at radius 1 is 0.867 bits per heavy atom. The molecule has 3 aromatic rings. The number of nitro benzene ring substituents is 1. The Kier molecular flexibility index (Phi) is 5.77. The Morgan fingerprint density at radius 2 is 1.37 bits per heavy atom. The van der Waals surface area contributed by atoms with Crippen molar-refractivity contribution >= 4 is 15.7 Å². The van der Waals surface area contributed by atoms with Crippen LogP contribution in [0.5, 0.6) is 11.5 Å². The summed E-state index contributed by atoms with van der Waals surface area (Å²) < 4.78 is 28.7. The fourth-order valence-electron chi connectivity index (χ4n) is 3.18. The van der Waals surface area contributed by atoms with Crippen molar-refractivity contribution in [3.05, 3.63) is 93.0 Å². The molecule has 0 aliphatic rings. The number of benzene rings is 3. The number of hydrogen-bond donors (Lipinski definition) is 3. The maximum atomic E-state index is 13.1. The number of aromatic hydroxyl groups is 2. The van der Waals surface area contributed by atoms with Crippen LogP contribution in [-0.4, -0.2) is 23.6 Å². The zero-order valence-electron chi connectivity index (χ0n) is 16.2. The van der Waals surface area contributed by atoms with Crippen molar-refractivity contribution in [3.8, 4) is 11.5 Å². The molecule has 3 rings (SSSR count). The van der Waals surface area contributed by atoms with E-state index in [1.54, 1.807) is 38.1 Å². The van der Waals surface area contributed by atoms with Gasteiger partial charge in [0.05, 0.1) is 11.0 Å². The number of nitrogens with zero attached hydrogens (tertiary/aromatic N) is 1. The van der Waals surface area contributed by atoms with Crippen LogP contribution in [0.25, 0.3) is 0 Å². The van der Waals surface area contributed by atoms with E-state index in [0.717, 1.165) is 12.1 Å². The molecular formula is C21H20N2O6S. The lowest BCUT2D eigenvalue weighted by Gasteiger charge is -2.23. The molecule has 0 saturated heterocycles. The van der Waals surface area contributed by atoms with Crippen molar-refractivity contribution < 1.29 is 23.6 Å². The van der Waals surface area contributed by atoms with E-state index in [2.05, 4.69) is 4.72 Å². The highest BCUT2D eigenvalue weighted by Crippen LogP contribution is 2.38. The first-order chi connectivity index (χ1) is 14.1. The molecule has 0 aliphatic heterocycles. The van der Waals surface area contributed by atoms with Gasteiger partial charge in [0, 0.05) is 17.2 Å². The molecule has 0 atom stereocenters. The van der Waals surface area contributed by atoms with Gasteiger partial charge in [-0.15, -0.1) is 0 Å². The molecule has 0 unspecified atom stereocenters. The predicted octanol–water partition coefficient (Wildman–Crippen LogP) is 3.69. The van der Waals surface area contributed by atoms with Crippen molar-refractivity contribution in [1.29, 1.82) is 0 Å². The van der Waals surface area contributed by atoms with E-state index >= 15 is 0 Å². The molecule has 0 amide bonds. The molecule has 8 nitrogen and oxygen atoms in total. The summed E-state index contributed by atoms with van der Waals surface area (Å²) in [6.07, 6.45) is 0. The standard InChI is InChI=1S/C21H20N2O6S/c1-13-7-5-9-15(20(13)24)19(16-10-6-8-14(2)21(16)25)22-30(28,29)18-12-4-3-11-17(18)23(26)27/h3-12,19,22,24-25H,1-2H3. The molecule has 3 N–H and O–H groups in total. The lowest BCUT2D eigenvalue weighted by atomic mass is 9.95. The third-order valence-electron chi connectivity index (χ3n) is 4.78. The largest absolute Gasteiger partial charge is 0.507 e. The normalized spacial score (nSPS) is 11.6. The van der Waals surface area contributed by atoms with Crippen LogP contribution in [-0.2, 0) is 10.0 Å². The van der Waals surface area contributed by atoms with Crippen molar-refractivity contribution in [2.75, 3.05) is 0 Å². The molecule has 3 aromatic carbocycles. The topological polar surface area (TPSA) is 130 Å². The van der Waals surface area contributed by atoms with Gasteiger partial charge in [0.1, 0.15) is 11.5 Å². The quantitative estimate of drug-likeness (QED) is 0.405. The van der Waals surface area contributed by atoms with Gasteiger partial charge in [0.2, 0.25) is 10.0 Å². The number of hydrogen-bond acceptors (Lipinski definition) is 6. The Hall–Kier alpha value is -3.43. The Bertz CT molecular complexity index is 1170. The minimum atomic E-state index is -4.40. The van der Waals surface area contributed by atoms with Gasteiger partial charge in [0.25, 0.3) is 5.69 Å². The SMILES string of the molecule is Cc1cccc(C(NS(=O)(=O)c2ccccc2[N+](=O)[O-])c2cccc(C)c2O)c1O. The number of aryl methyl sites for hydroxylation is 2. The zero-order valence-corrected chi connectivity index (χ0v) is 17.1. The summed E-state index contributed by atoms with van der Waals surface area (Å²) in [7, 11) is -4.40. The van der Waals surface area contributed by atoms with Crippen LogP contribution in [0.3, 0.4) is 0 Å². The maximum absolute atomic E-state index is 13.1. The van der Waals surface area contributed by atoms with E-state index in [1.807, 2.05) is 0 Å². The van der Waals surface area contributed by atoms with Gasteiger partial charge in [-0.05, 0) is 31.0 Å². The average molecular weight is 428 g/mol. The van der Waals surface area contributed by atoms with E-state index in [1.165, 1.54) is 24.3 Å². The minimum Gasteiger partial charge on any atom is -0.507 e. The molecule has 0 aromatic heterocycles. The second-order valence-corrected chi connectivity index (χ2v) is 8.49. The molecule has 0 fully saturated rings. The van der Waals surface area contributed by atoms with E-state index in [0.29, 0.717) is 11.1 Å². The fourth-order valence-corrected chi connectivity index (χ4v) is 4.54. The third-order valence-corrected chi connectivity index (χ3v) is 6.25. The van der Waals surface area contributed by atoms with Gasteiger partial charge in [-0.2, -0.15) is 4.72 Å². The number of sulfonamides is 1. The summed E-state index contributed by atoms with van der Waals surface area (Å²) in [6, 6.07) is 13.4. The van der Waals surface area contributed by atoms with Crippen molar-refractivity contribution in [2.45, 2.75) is 24.8 Å². The monoisotopic (exact) mass is 428 g/mol. The average Bonchev–Trinajstić information content (AvgIpc) is 2.71. The number of para-hydroxylation sites is 3. The van der Waals surface area contributed by atoms with Crippen LogP contribution in [0.15, 0.2) is 65.6 Å². The molecule has 0 spiro atoms. The predicted molar refractivity (Wildman–Crippen MR) is 111 cm³/mol. The summed E-state index contributed by atoms with van der Waals surface area (Å²) in [4.78, 5) is 10.0. The summed E-state index contributed by atoms with van der Waals surface area (Å²) >= 11 is 0. The summed E-state index contributed by atoms with van der Waals surface area (Å²) in [5.41, 5.74) is 0.853. The van der Waals surface area contributed by atoms with E-state index < -0.39 is 31.6 Å².